The summed E-state index contributed by atoms with van der Waals surface area (Å²) >= 11 is 3.31. The second kappa shape index (κ2) is 9.48. The molecule has 1 N–H and O–H groups in total. The summed E-state index contributed by atoms with van der Waals surface area (Å²) in [6, 6.07) is 8.50. The monoisotopic (exact) mass is 460 g/mol. The summed E-state index contributed by atoms with van der Waals surface area (Å²) in [5.41, 5.74) is 2.51. The summed E-state index contributed by atoms with van der Waals surface area (Å²) in [6.07, 6.45) is 5.97. The van der Waals surface area contributed by atoms with Crippen LogP contribution in [0.2, 0.25) is 0 Å². The van der Waals surface area contributed by atoms with Gasteiger partial charge in [0.05, 0.1) is 17.9 Å². The molecule has 1 fully saturated rings. The number of likely N-dealkylation sites (tertiary alicyclic amines) is 1. The number of carbonyl (C=O) groups excluding carboxylic acids is 1. The summed E-state index contributed by atoms with van der Waals surface area (Å²) in [5.74, 6) is 0.547. The molecule has 2 aliphatic rings. The minimum Gasteiger partial charge on any atom is -0.378 e. The molecular formula is C23H32N4O2S2. The number of thioether (sulfide) groups is 1. The molecule has 1 aromatic carbocycles. The Balaban J connectivity index is 1.52. The molecule has 0 saturated carbocycles. The van der Waals surface area contributed by atoms with E-state index in [-0.39, 0.29) is 23.5 Å². The number of anilines is 1. The molecule has 1 saturated heterocycles. The third-order valence-corrected chi connectivity index (χ3v) is 8.28. The van der Waals surface area contributed by atoms with E-state index >= 15 is 0 Å². The number of piperidine rings is 1. The number of hydrogen-bond donors (Lipinski definition) is 1. The van der Waals surface area contributed by atoms with Crippen LogP contribution in [0.5, 0.6) is 0 Å². The van der Waals surface area contributed by atoms with Crippen molar-refractivity contribution in [1.82, 2.24) is 15.2 Å². The summed E-state index contributed by atoms with van der Waals surface area (Å²) in [4.78, 5) is 22.8. The van der Waals surface area contributed by atoms with Gasteiger partial charge in [-0.1, -0.05) is 24.3 Å². The minimum absolute atomic E-state index is 0.0402. The molecule has 1 amide bonds. The molecule has 4 rings (SSSR count). The molecule has 1 aromatic heterocycles. The highest BCUT2D eigenvalue weighted by Crippen LogP contribution is 2.52. The van der Waals surface area contributed by atoms with Crippen LogP contribution in [0.3, 0.4) is 0 Å². The van der Waals surface area contributed by atoms with Gasteiger partial charge in [-0.2, -0.15) is 11.8 Å². The third kappa shape index (κ3) is 4.35. The zero-order valence-corrected chi connectivity index (χ0v) is 20.4. The molecule has 0 radical (unpaired) electrons. The third-order valence-electron chi connectivity index (χ3n) is 6.58. The van der Waals surface area contributed by atoms with Crippen LogP contribution in [-0.2, 0) is 21.5 Å². The summed E-state index contributed by atoms with van der Waals surface area (Å²) in [5, 5.41) is 4.32. The van der Waals surface area contributed by atoms with Crippen LogP contribution >= 0.6 is 23.1 Å². The molecule has 0 unspecified atom stereocenters. The van der Waals surface area contributed by atoms with Gasteiger partial charge in [-0.3, -0.25) is 9.69 Å². The van der Waals surface area contributed by atoms with Crippen LogP contribution in [0.1, 0.15) is 34.9 Å². The van der Waals surface area contributed by atoms with Crippen molar-refractivity contribution in [2.24, 2.45) is 0 Å². The van der Waals surface area contributed by atoms with Gasteiger partial charge in [-0.15, -0.1) is 11.3 Å². The maximum Gasteiger partial charge on any atom is 0.230 e. The molecule has 1 spiro atoms. The molecular weight excluding hydrogens is 428 g/mol. The van der Waals surface area contributed by atoms with Crippen molar-refractivity contribution >= 4 is 34.1 Å². The normalized spacial score (nSPS) is 22.5. The number of rotatable bonds is 7. The molecule has 8 heteroatoms. The molecule has 0 bridgehead atoms. The van der Waals surface area contributed by atoms with E-state index in [1.807, 2.05) is 26.5 Å². The predicted octanol–water partition coefficient (Wildman–Crippen LogP) is 3.29. The molecule has 31 heavy (non-hydrogen) atoms. The topological polar surface area (TPSA) is 57.7 Å². The highest BCUT2D eigenvalue weighted by Gasteiger charge is 2.53. The first-order valence-corrected chi connectivity index (χ1v) is 12.9. The Labute approximate surface area is 193 Å². The Hall–Kier alpha value is -1.61. The minimum atomic E-state index is -0.0865. The van der Waals surface area contributed by atoms with Crippen LogP contribution in [-0.4, -0.2) is 68.2 Å². The Kier molecular flexibility index (Phi) is 6.91. The van der Waals surface area contributed by atoms with Gasteiger partial charge in [-0.25, -0.2) is 4.98 Å². The van der Waals surface area contributed by atoms with E-state index in [0.717, 1.165) is 37.6 Å². The van der Waals surface area contributed by atoms with Crippen molar-refractivity contribution in [3.05, 3.63) is 46.5 Å². The predicted molar refractivity (Wildman–Crippen MR) is 129 cm³/mol. The average molecular weight is 461 g/mol. The van der Waals surface area contributed by atoms with E-state index < -0.39 is 0 Å². The second-order valence-electron chi connectivity index (χ2n) is 8.66. The fraction of sp³-hybridized carbons (Fsp3) is 0.565. The summed E-state index contributed by atoms with van der Waals surface area (Å²) < 4.78 is 6.11. The average Bonchev–Trinajstić information content (AvgIpc) is 3.32. The Bertz CT molecular complexity index is 908. The number of fused-ring (bicyclic) bond motifs is 2. The van der Waals surface area contributed by atoms with Gasteiger partial charge in [-0.05, 0) is 43.3 Å². The highest BCUT2D eigenvalue weighted by atomic mass is 32.2. The number of hydrogen-bond acceptors (Lipinski definition) is 7. The lowest BCUT2D eigenvalue weighted by molar-refractivity contribution is -0.121. The zero-order valence-electron chi connectivity index (χ0n) is 18.8. The smallest absolute Gasteiger partial charge is 0.230 e. The van der Waals surface area contributed by atoms with Crippen molar-refractivity contribution < 1.29 is 9.53 Å². The second-order valence-corrected chi connectivity index (χ2v) is 10.6. The number of carbonyl (C=O) groups is 1. The highest BCUT2D eigenvalue weighted by molar-refractivity contribution is 7.99. The van der Waals surface area contributed by atoms with Gasteiger partial charge in [0.25, 0.3) is 0 Å². The summed E-state index contributed by atoms with van der Waals surface area (Å²) in [7, 11) is 5.85. The number of nitrogens with one attached hydrogen (secondary N) is 1. The molecule has 168 valence electrons. The SMILES string of the molecule is CO[C@H]1[C@H](NC(=O)CSC)c2ccccc2C12CCN(Cc1cnc(N(C)C)s1)CC2. The molecule has 2 heterocycles. The Morgan fingerprint density at radius 1 is 1.35 bits per heavy atom. The maximum atomic E-state index is 12.4. The van der Waals surface area contributed by atoms with Gasteiger partial charge in [0.1, 0.15) is 0 Å². The molecule has 1 aliphatic carbocycles. The lowest BCUT2D eigenvalue weighted by atomic mass is 9.72. The van der Waals surface area contributed by atoms with E-state index in [9.17, 15) is 4.79 Å². The Morgan fingerprint density at radius 3 is 2.74 bits per heavy atom. The van der Waals surface area contributed by atoms with E-state index in [0.29, 0.717) is 5.75 Å². The van der Waals surface area contributed by atoms with Crippen molar-refractivity contribution in [2.75, 3.05) is 51.2 Å². The van der Waals surface area contributed by atoms with Crippen molar-refractivity contribution in [2.45, 2.75) is 36.9 Å². The van der Waals surface area contributed by atoms with E-state index in [2.05, 4.69) is 44.4 Å². The van der Waals surface area contributed by atoms with Gasteiger partial charge in [0.15, 0.2) is 5.13 Å². The van der Waals surface area contributed by atoms with Crippen LogP contribution in [0.4, 0.5) is 5.13 Å². The quantitative estimate of drug-likeness (QED) is 0.684. The fourth-order valence-corrected chi connectivity index (χ4v) is 6.40. The molecule has 6 nitrogen and oxygen atoms in total. The van der Waals surface area contributed by atoms with Crippen LogP contribution in [0, 0.1) is 0 Å². The van der Waals surface area contributed by atoms with E-state index in [4.69, 9.17) is 4.74 Å². The van der Waals surface area contributed by atoms with Crippen LogP contribution in [0.25, 0.3) is 0 Å². The van der Waals surface area contributed by atoms with Gasteiger partial charge >= 0.3 is 0 Å². The molecule has 2 atom stereocenters. The molecule has 2 aromatic rings. The number of benzene rings is 1. The van der Waals surface area contributed by atoms with Crippen LogP contribution < -0.4 is 10.2 Å². The van der Waals surface area contributed by atoms with E-state index in [1.54, 1.807) is 30.2 Å². The number of methoxy groups -OCH3 is 1. The number of ether oxygens (including phenoxy) is 1. The van der Waals surface area contributed by atoms with E-state index in [1.165, 1.54) is 16.0 Å². The fourth-order valence-electron chi connectivity index (χ4n) is 5.18. The number of amides is 1. The van der Waals surface area contributed by atoms with Crippen molar-refractivity contribution in [3.63, 3.8) is 0 Å². The van der Waals surface area contributed by atoms with Crippen LogP contribution in [0.15, 0.2) is 30.5 Å². The lowest BCUT2D eigenvalue weighted by Crippen LogP contribution is -2.50. The Morgan fingerprint density at radius 2 is 2.10 bits per heavy atom. The van der Waals surface area contributed by atoms with Crippen molar-refractivity contribution in [1.29, 1.82) is 0 Å². The summed E-state index contributed by atoms with van der Waals surface area (Å²) in [6.45, 7) is 2.96. The number of thiazole rings is 1. The largest absolute Gasteiger partial charge is 0.378 e. The standard InChI is InChI=1S/C23H32N4O2S2/c1-26(2)22-24-13-16(31-22)14-27-11-9-23(10-12-27)18-8-6-5-7-17(18)20(21(23)29-3)25-19(28)15-30-4/h5-8,13,20-21H,9-12,14-15H2,1-4H3,(H,25,28)/t20-,21+/m1/s1. The lowest BCUT2D eigenvalue weighted by Gasteiger charge is -2.44. The number of aromatic nitrogens is 1. The maximum absolute atomic E-state index is 12.4. The van der Waals surface area contributed by atoms with Crippen molar-refractivity contribution in [3.8, 4) is 0 Å². The van der Waals surface area contributed by atoms with Gasteiger partial charge in [0, 0.05) is 44.2 Å². The van der Waals surface area contributed by atoms with Gasteiger partial charge < -0.3 is 15.0 Å². The first-order chi connectivity index (χ1) is 15.0. The first-order valence-electron chi connectivity index (χ1n) is 10.7. The van der Waals surface area contributed by atoms with Gasteiger partial charge in [0.2, 0.25) is 5.91 Å². The molecule has 1 aliphatic heterocycles. The first kappa shape index (κ1) is 22.6. The zero-order chi connectivity index (χ0) is 22.0. The number of nitrogens with zero attached hydrogens (tertiary/aromatic N) is 3.